The van der Waals surface area contributed by atoms with Gasteiger partial charge in [0.05, 0.1) is 0 Å². The Labute approximate surface area is 95.6 Å². The van der Waals surface area contributed by atoms with Crippen LogP contribution >= 0.6 is 0 Å². The van der Waals surface area contributed by atoms with Crippen LogP contribution in [-0.2, 0) is 16.1 Å². The Morgan fingerprint density at radius 1 is 1.19 bits per heavy atom. The van der Waals surface area contributed by atoms with Crippen molar-refractivity contribution in [2.24, 2.45) is 5.73 Å². The van der Waals surface area contributed by atoms with Crippen molar-refractivity contribution in [1.29, 1.82) is 0 Å². The van der Waals surface area contributed by atoms with Crippen LogP contribution in [0.4, 0.5) is 5.69 Å². The molecular formula is C12H18N2O2. The van der Waals surface area contributed by atoms with Gasteiger partial charge >= 0.3 is 5.97 Å². The molecule has 0 unspecified atom stereocenters. The molecule has 0 aromatic heterocycles. The summed E-state index contributed by atoms with van der Waals surface area (Å²) in [6.07, 6.45) is 2.08. The molecule has 4 N–H and O–H groups in total. The number of anilines is 1. The zero-order valence-electron chi connectivity index (χ0n) is 9.32. The third-order valence-corrected chi connectivity index (χ3v) is 2.21. The fourth-order valence-corrected chi connectivity index (χ4v) is 1.26. The lowest BCUT2D eigenvalue weighted by Crippen LogP contribution is -2.06. The second kappa shape index (κ2) is 6.85. The SMILES string of the molecule is NCCCCC(=O)OCc1ccc(N)cc1. The van der Waals surface area contributed by atoms with Gasteiger partial charge < -0.3 is 16.2 Å². The third-order valence-electron chi connectivity index (χ3n) is 2.21. The molecule has 1 aromatic carbocycles. The predicted octanol–water partition coefficient (Wildman–Crippen LogP) is 1.44. The van der Waals surface area contributed by atoms with Crippen molar-refractivity contribution in [3.05, 3.63) is 29.8 Å². The minimum atomic E-state index is -0.176. The van der Waals surface area contributed by atoms with Crippen molar-refractivity contribution >= 4 is 11.7 Å². The number of nitrogens with two attached hydrogens (primary N) is 2. The molecule has 0 saturated heterocycles. The summed E-state index contributed by atoms with van der Waals surface area (Å²) in [5, 5.41) is 0. The number of unbranched alkanes of at least 4 members (excludes halogenated alkanes) is 1. The predicted molar refractivity (Wildman–Crippen MR) is 63.6 cm³/mol. The fourth-order valence-electron chi connectivity index (χ4n) is 1.26. The van der Waals surface area contributed by atoms with E-state index < -0.39 is 0 Å². The lowest BCUT2D eigenvalue weighted by atomic mass is 10.2. The molecule has 1 aromatic rings. The van der Waals surface area contributed by atoms with Crippen LogP contribution in [0.3, 0.4) is 0 Å². The maximum absolute atomic E-state index is 11.3. The largest absolute Gasteiger partial charge is 0.461 e. The van der Waals surface area contributed by atoms with E-state index in [-0.39, 0.29) is 5.97 Å². The summed E-state index contributed by atoms with van der Waals surface area (Å²) in [4.78, 5) is 11.3. The first-order chi connectivity index (χ1) is 7.72. The van der Waals surface area contributed by atoms with E-state index in [0.29, 0.717) is 25.3 Å². The third kappa shape index (κ3) is 4.79. The van der Waals surface area contributed by atoms with Crippen molar-refractivity contribution < 1.29 is 9.53 Å². The van der Waals surface area contributed by atoms with Gasteiger partial charge in [0.1, 0.15) is 6.61 Å². The van der Waals surface area contributed by atoms with Crippen LogP contribution in [0.2, 0.25) is 0 Å². The molecule has 0 atom stereocenters. The Morgan fingerprint density at radius 3 is 2.50 bits per heavy atom. The standard InChI is InChI=1S/C12H18N2O2/c13-8-2-1-3-12(15)16-9-10-4-6-11(14)7-5-10/h4-7H,1-3,8-9,13-14H2. The number of rotatable bonds is 6. The Kier molecular flexibility index (Phi) is 5.36. The number of hydrogen-bond acceptors (Lipinski definition) is 4. The summed E-state index contributed by atoms with van der Waals surface area (Å²) in [5.74, 6) is -0.176. The Morgan fingerprint density at radius 2 is 1.88 bits per heavy atom. The smallest absolute Gasteiger partial charge is 0.306 e. The highest BCUT2D eigenvalue weighted by Crippen LogP contribution is 2.07. The second-order valence-electron chi connectivity index (χ2n) is 3.65. The molecule has 0 saturated carbocycles. The van der Waals surface area contributed by atoms with Crippen LogP contribution < -0.4 is 11.5 Å². The number of esters is 1. The Balaban J connectivity index is 2.23. The second-order valence-corrected chi connectivity index (χ2v) is 3.65. The quantitative estimate of drug-likeness (QED) is 0.433. The first kappa shape index (κ1) is 12.5. The minimum Gasteiger partial charge on any atom is -0.461 e. The van der Waals surface area contributed by atoms with Crippen LogP contribution in [0.1, 0.15) is 24.8 Å². The van der Waals surface area contributed by atoms with Crippen molar-refractivity contribution in [2.45, 2.75) is 25.9 Å². The highest BCUT2D eigenvalue weighted by Gasteiger charge is 2.02. The van der Waals surface area contributed by atoms with E-state index in [4.69, 9.17) is 16.2 Å². The van der Waals surface area contributed by atoms with Crippen molar-refractivity contribution in [2.75, 3.05) is 12.3 Å². The maximum atomic E-state index is 11.3. The summed E-state index contributed by atoms with van der Waals surface area (Å²) < 4.78 is 5.09. The number of carbonyl (C=O) groups is 1. The van der Waals surface area contributed by atoms with Gasteiger partial charge in [-0.05, 0) is 37.1 Å². The van der Waals surface area contributed by atoms with E-state index in [1.807, 2.05) is 12.1 Å². The zero-order valence-corrected chi connectivity index (χ0v) is 9.32. The summed E-state index contributed by atoms with van der Waals surface area (Å²) >= 11 is 0. The van der Waals surface area contributed by atoms with E-state index in [1.54, 1.807) is 12.1 Å². The molecule has 0 aliphatic carbocycles. The Bertz CT molecular complexity index is 322. The van der Waals surface area contributed by atoms with Gasteiger partial charge in [0.2, 0.25) is 0 Å². The summed E-state index contributed by atoms with van der Waals surface area (Å²) in [5.41, 5.74) is 12.5. The molecular weight excluding hydrogens is 204 g/mol. The van der Waals surface area contributed by atoms with E-state index >= 15 is 0 Å². The molecule has 16 heavy (non-hydrogen) atoms. The van der Waals surface area contributed by atoms with Crippen LogP contribution in [-0.4, -0.2) is 12.5 Å². The zero-order chi connectivity index (χ0) is 11.8. The first-order valence-corrected chi connectivity index (χ1v) is 5.42. The van der Waals surface area contributed by atoms with Gasteiger partial charge in [0.15, 0.2) is 0 Å². The normalized spacial score (nSPS) is 10.1. The fraction of sp³-hybridized carbons (Fsp3) is 0.417. The molecule has 0 amide bonds. The van der Waals surface area contributed by atoms with Crippen molar-refractivity contribution in [3.8, 4) is 0 Å². The van der Waals surface area contributed by atoms with Gasteiger partial charge in [-0.25, -0.2) is 0 Å². The van der Waals surface area contributed by atoms with Crippen LogP contribution in [0.25, 0.3) is 0 Å². The van der Waals surface area contributed by atoms with Crippen molar-refractivity contribution in [1.82, 2.24) is 0 Å². The van der Waals surface area contributed by atoms with Crippen LogP contribution in [0.15, 0.2) is 24.3 Å². The summed E-state index contributed by atoms with van der Waals surface area (Å²) in [6, 6.07) is 7.28. The molecule has 0 aliphatic rings. The van der Waals surface area contributed by atoms with Crippen LogP contribution in [0.5, 0.6) is 0 Å². The van der Waals surface area contributed by atoms with E-state index in [1.165, 1.54) is 0 Å². The summed E-state index contributed by atoms with van der Waals surface area (Å²) in [6.45, 7) is 0.924. The van der Waals surface area contributed by atoms with Gasteiger partial charge in [-0.15, -0.1) is 0 Å². The van der Waals surface area contributed by atoms with Gasteiger partial charge in [-0.2, -0.15) is 0 Å². The lowest BCUT2D eigenvalue weighted by molar-refractivity contribution is -0.145. The Hall–Kier alpha value is -1.55. The molecule has 4 nitrogen and oxygen atoms in total. The number of benzene rings is 1. The molecule has 0 aliphatic heterocycles. The van der Waals surface area contributed by atoms with E-state index in [2.05, 4.69) is 0 Å². The molecule has 4 heteroatoms. The molecule has 0 bridgehead atoms. The van der Waals surface area contributed by atoms with Crippen LogP contribution in [0, 0.1) is 0 Å². The van der Waals surface area contributed by atoms with Crippen molar-refractivity contribution in [3.63, 3.8) is 0 Å². The molecule has 0 radical (unpaired) electrons. The van der Waals surface area contributed by atoms with Gasteiger partial charge in [0, 0.05) is 12.1 Å². The molecule has 88 valence electrons. The topological polar surface area (TPSA) is 78.3 Å². The lowest BCUT2D eigenvalue weighted by Gasteiger charge is -2.04. The number of ether oxygens (including phenoxy) is 1. The molecule has 0 fully saturated rings. The van der Waals surface area contributed by atoms with Gasteiger partial charge in [0.25, 0.3) is 0 Å². The molecule has 1 rings (SSSR count). The van der Waals surface area contributed by atoms with E-state index in [9.17, 15) is 4.79 Å². The maximum Gasteiger partial charge on any atom is 0.306 e. The highest BCUT2D eigenvalue weighted by molar-refractivity contribution is 5.69. The number of hydrogen-bond donors (Lipinski definition) is 2. The first-order valence-electron chi connectivity index (χ1n) is 5.42. The summed E-state index contributed by atoms with van der Waals surface area (Å²) in [7, 11) is 0. The van der Waals surface area contributed by atoms with Gasteiger partial charge in [-0.3, -0.25) is 4.79 Å². The monoisotopic (exact) mass is 222 g/mol. The highest BCUT2D eigenvalue weighted by atomic mass is 16.5. The molecule has 0 spiro atoms. The number of carbonyl (C=O) groups excluding carboxylic acids is 1. The minimum absolute atomic E-state index is 0.176. The average Bonchev–Trinajstić information content (AvgIpc) is 2.29. The van der Waals surface area contributed by atoms with Gasteiger partial charge in [-0.1, -0.05) is 12.1 Å². The molecule has 0 heterocycles. The average molecular weight is 222 g/mol. The van der Waals surface area contributed by atoms with E-state index in [0.717, 1.165) is 18.4 Å². The number of nitrogen functional groups attached to an aromatic ring is 1.